The number of benzene rings is 2. The summed E-state index contributed by atoms with van der Waals surface area (Å²) >= 11 is 11.8. The highest BCUT2D eigenvalue weighted by Crippen LogP contribution is 2.41. The SMILES string of the molecule is COc1c(Cl)cc(Cl)c(OC)c1C(=O)NC(=O)Nc1c(F)c(F)c(F)c(F)c1F. The number of anilines is 1. The number of nitrogens with one attached hydrogen (secondary N) is 2. The van der Waals surface area contributed by atoms with Crippen molar-refractivity contribution in [2.45, 2.75) is 0 Å². The molecule has 0 unspecified atom stereocenters. The number of urea groups is 1. The molecule has 156 valence electrons. The second-order valence-electron chi connectivity index (χ2n) is 5.13. The number of hydrogen-bond acceptors (Lipinski definition) is 4. The third kappa shape index (κ3) is 4.15. The highest BCUT2D eigenvalue weighted by atomic mass is 35.5. The highest BCUT2D eigenvalue weighted by Gasteiger charge is 2.29. The number of ether oxygens (including phenoxy) is 2. The van der Waals surface area contributed by atoms with Crippen LogP contribution >= 0.6 is 23.2 Å². The van der Waals surface area contributed by atoms with Gasteiger partial charge in [-0.1, -0.05) is 23.2 Å². The van der Waals surface area contributed by atoms with Crippen molar-refractivity contribution in [3.63, 3.8) is 0 Å². The van der Waals surface area contributed by atoms with Crippen LogP contribution in [-0.4, -0.2) is 26.2 Å². The Morgan fingerprint density at radius 1 is 0.828 bits per heavy atom. The standard InChI is InChI=1S/C16H9Cl2F5N2O4/c1-28-13-4(17)3-5(18)14(29-2)6(13)15(26)25-16(27)24-12-10(22)8(20)7(19)9(21)11(12)23/h3H,1-2H3,(H2,24,25,26,27). The van der Waals surface area contributed by atoms with Crippen molar-refractivity contribution in [2.24, 2.45) is 0 Å². The summed E-state index contributed by atoms with van der Waals surface area (Å²) in [5.41, 5.74) is -2.12. The minimum atomic E-state index is -2.41. The summed E-state index contributed by atoms with van der Waals surface area (Å²) in [5.74, 6) is -13.3. The van der Waals surface area contributed by atoms with E-state index in [1.807, 2.05) is 0 Å². The molecule has 0 bridgehead atoms. The van der Waals surface area contributed by atoms with Crippen LogP contribution in [0.3, 0.4) is 0 Å². The number of rotatable bonds is 4. The Morgan fingerprint density at radius 3 is 1.66 bits per heavy atom. The molecular formula is C16H9Cl2F5N2O4. The molecule has 0 atom stereocenters. The quantitative estimate of drug-likeness (QED) is 0.396. The van der Waals surface area contributed by atoms with E-state index in [1.165, 1.54) is 11.4 Å². The molecule has 2 aromatic carbocycles. The first-order valence-corrected chi connectivity index (χ1v) is 8.04. The lowest BCUT2D eigenvalue weighted by molar-refractivity contribution is 0.0961. The lowest BCUT2D eigenvalue weighted by Crippen LogP contribution is -2.35. The summed E-state index contributed by atoms with van der Waals surface area (Å²) in [5, 5.41) is 2.72. The number of halogens is 7. The van der Waals surface area contributed by atoms with Gasteiger partial charge in [0.15, 0.2) is 34.8 Å². The zero-order valence-electron chi connectivity index (χ0n) is 14.4. The Hall–Kier alpha value is -2.79. The van der Waals surface area contributed by atoms with E-state index in [0.29, 0.717) is 0 Å². The van der Waals surface area contributed by atoms with Crippen LogP contribution in [0.25, 0.3) is 0 Å². The normalized spacial score (nSPS) is 10.5. The minimum Gasteiger partial charge on any atom is -0.494 e. The summed E-state index contributed by atoms with van der Waals surface area (Å²) in [6.45, 7) is 0. The maximum absolute atomic E-state index is 13.6. The van der Waals surface area contributed by atoms with E-state index in [-0.39, 0.29) is 21.5 Å². The van der Waals surface area contributed by atoms with Crippen LogP contribution < -0.4 is 20.1 Å². The zero-order chi connectivity index (χ0) is 22.0. The fraction of sp³-hybridized carbons (Fsp3) is 0.125. The third-order valence-electron chi connectivity index (χ3n) is 3.45. The summed E-state index contributed by atoms with van der Waals surface area (Å²) < 4.78 is 76.6. The fourth-order valence-electron chi connectivity index (χ4n) is 2.21. The summed E-state index contributed by atoms with van der Waals surface area (Å²) in [6.07, 6.45) is 0. The number of methoxy groups -OCH3 is 2. The van der Waals surface area contributed by atoms with Crippen LogP contribution in [0, 0.1) is 29.1 Å². The maximum atomic E-state index is 13.6. The zero-order valence-corrected chi connectivity index (χ0v) is 15.9. The van der Waals surface area contributed by atoms with E-state index in [1.54, 1.807) is 5.32 Å². The molecular weight excluding hydrogens is 450 g/mol. The molecule has 29 heavy (non-hydrogen) atoms. The molecule has 2 rings (SSSR count). The van der Waals surface area contributed by atoms with Crippen molar-refractivity contribution in [1.29, 1.82) is 0 Å². The molecule has 3 amide bonds. The van der Waals surface area contributed by atoms with E-state index >= 15 is 0 Å². The molecule has 0 radical (unpaired) electrons. The second-order valence-corrected chi connectivity index (χ2v) is 5.95. The predicted molar refractivity (Wildman–Crippen MR) is 92.3 cm³/mol. The average molecular weight is 459 g/mol. The molecule has 0 heterocycles. The second kappa shape index (κ2) is 8.70. The first-order valence-electron chi connectivity index (χ1n) is 7.28. The van der Waals surface area contributed by atoms with Crippen molar-refractivity contribution in [3.8, 4) is 11.5 Å². The van der Waals surface area contributed by atoms with Gasteiger partial charge >= 0.3 is 6.03 Å². The van der Waals surface area contributed by atoms with E-state index in [4.69, 9.17) is 32.7 Å². The van der Waals surface area contributed by atoms with Crippen molar-refractivity contribution < 1.29 is 41.0 Å². The van der Waals surface area contributed by atoms with E-state index in [9.17, 15) is 31.5 Å². The molecule has 0 saturated carbocycles. The summed E-state index contributed by atoms with van der Waals surface area (Å²) in [4.78, 5) is 24.3. The van der Waals surface area contributed by atoms with Gasteiger partial charge in [0.05, 0.1) is 24.3 Å². The predicted octanol–water partition coefficient (Wildman–Crippen LogP) is 4.67. The molecule has 0 saturated heterocycles. The molecule has 13 heteroatoms. The fourth-order valence-corrected chi connectivity index (χ4v) is 2.83. The van der Waals surface area contributed by atoms with Crippen LogP contribution in [0.5, 0.6) is 11.5 Å². The van der Waals surface area contributed by atoms with Gasteiger partial charge in [-0.2, -0.15) is 0 Å². The third-order valence-corrected chi connectivity index (χ3v) is 4.01. The summed E-state index contributed by atoms with van der Waals surface area (Å²) in [7, 11) is 2.28. The van der Waals surface area contributed by atoms with Gasteiger partial charge < -0.3 is 14.8 Å². The van der Waals surface area contributed by atoms with Gasteiger partial charge in [0.1, 0.15) is 11.3 Å². The molecule has 0 aliphatic heterocycles. The van der Waals surface area contributed by atoms with E-state index < -0.39 is 52.3 Å². The lowest BCUT2D eigenvalue weighted by Gasteiger charge is -2.16. The van der Waals surface area contributed by atoms with Crippen LogP contribution in [0.4, 0.5) is 32.4 Å². The minimum absolute atomic E-state index is 0.136. The van der Waals surface area contributed by atoms with Gasteiger partial charge in [0.25, 0.3) is 5.91 Å². The Morgan fingerprint density at radius 2 is 1.24 bits per heavy atom. The number of hydrogen-bond donors (Lipinski definition) is 2. The van der Waals surface area contributed by atoms with Crippen molar-refractivity contribution in [2.75, 3.05) is 19.5 Å². The molecule has 0 aliphatic carbocycles. The van der Waals surface area contributed by atoms with Crippen LogP contribution in [-0.2, 0) is 0 Å². The molecule has 6 nitrogen and oxygen atoms in total. The molecule has 2 N–H and O–H groups in total. The van der Waals surface area contributed by atoms with Crippen LogP contribution in [0.15, 0.2) is 6.07 Å². The van der Waals surface area contributed by atoms with Crippen LogP contribution in [0.1, 0.15) is 10.4 Å². The highest BCUT2D eigenvalue weighted by molar-refractivity contribution is 6.37. The van der Waals surface area contributed by atoms with Gasteiger partial charge in [0.2, 0.25) is 5.82 Å². The number of amides is 3. The first-order chi connectivity index (χ1) is 13.5. The molecule has 0 aromatic heterocycles. The molecule has 0 fully saturated rings. The van der Waals surface area contributed by atoms with Gasteiger partial charge in [-0.25, -0.2) is 26.7 Å². The van der Waals surface area contributed by atoms with E-state index in [2.05, 4.69) is 0 Å². The van der Waals surface area contributed by atoms with Crippen molar-refractivity contribution in [3.05, 3.63) is 50.8 Å². The molecule has 0 spiro atoms. The first kappa shape index (κ1) is 22.5. The van der Waals surface area contributed by atoms with Gasteiger partial charge in [-0.05, 0) is 6.07 Å². The number of imide groups is 1. The largest absolute Gasteiger partial charge is 0.494 e. The topological polar surface area (TPSA) is 76.7 Å². The Balaban J connectivity index is 2.38. The Bertz CT molecular complexity index is 963. The number of carbonyl (C=O) groups excluding carboxylic acids is 2. The van der Waals surface area contributed by atoms with Crippen molar-refractivity contribution in [1.82, 2.24) is 5.32 Å². The van der Waals surface area contributed by atoms with E-state index in [0.717, 1.165) is 14.2 Å². The van der Waals surface area contributed by atoms with Crippen molar-refractivity contribution >= 4 is 40.8 Å². The Labute approximate surface area is 169 Å². The maximum Gasteiger partial charge on any atom is 0.326 e. The average Bonchev–Trinajstić information content (AvgIpc) is 2.67. The van der Waals surface area contributed by atoms with Gasteiger partial charge in [-0.3, -0.25) is 10.1 Å². The Kier molecular flexibility index (Phi) is 6.75. The molecule has 0 aliphatic rings. The van der Waals surface area contributed by atoms with Gasteiger partial charge in [0, 0.05) is 0 Å². The number of carbonyl (C=O) groups is 2. The summed E-state index contributed by atoms with van der Waals surface area (Å²) in [6, 6.07) is -0.440. The van der Waals surface area contributed by atoms with Gasteiger partial charge in [-0.15, -0.1) is 0 Å². The molecule has 2 aromatic rings. The lowest BCUT2D eigenvalue weighted by atomic mass is 10.1. The van der Waals surface area contributed by atoms with Crippen LogP contribution in [0.2, 0.25) is 10.0 Å². The smallest absolute Gasteiger partial charge is 0.326 e. The monoisotopic (exact) mass is 458 g/mol.